The Morgan fingerprint density at radius 1 is 1.25 bits per heavy atom. The minimum Gasteiger partial charge on any atom is -0.548 e. The molecule has 0 radical (unpaired) electrons. The van der Waals surface area contributed by atoms with Crippen molar-refractivity contribution in [1.29, 1.82) is 0 Å². The van der Waals surface area contributed by atoms with Crippen molar-refractivity contribution in [3.8, 4) is 5.75 Å². The zero-order chi connectivity index (χ0) is 21.0. The molecule has 2 aromatic rings. The number of aliphatic carboxylic acids is 1. The Labute approximate surface area is 163 Å². The molecular weight excluding hydrogens is 362 g/mol. The van der Waals surface area contributed by atoms with Crippen molar-refractivity contribution in [3.05, 3.63) is 39.7 Å². The van der Waals surface area contributed by atoms with Gasteiger partial charge in [-0.3, -0.25) is 4.79 Å². The molecule has 7 heteroatoms. The van der Waals surface area contributed by atoms with E-state index < -0.39 is 29.6 Å². The van der Waals surface area contributed by atoms with Gasteiger partial charge in [0.25, 0.3) is 5.91 Å². The number of carbonyl (C=O) groups is 2. The molecule has 152 valence electrons. The van der Waals surface area contributed by atoms with E-state index in [1.54, 1.807) is 32.9 Å². The third kappa shape index (κ3) is 4.71. The first-order valence-corrected chi connectivity index (χ1v) is 9.39. The molecule has 28 heavy (non-hydrogen) atoms. The summed E-state index contributed by atoms with van der Waals surface area (Å²) in [5.74, 6) is -1.84. The Bertz CT molecular complexity index is 930. The molecule has 1 heterocycles. The van der Waals surface area contributed by atoms with Crippen molar-refractivity contribution in [3.63, 3.8) is 0 Å². The zero-order valence-corrected chi connectivity index (χ0v) is 16.8. The van der Waals surface area contributed by atoms with Crippen molar-refractivity contribution >= 4 is 22.8 Å². The highest BCUT2D eigenvalue weighted by atomic mass is 16.5. The quantitative estimate of drug-likeness (QED) is 0.690. The van der Waals surface area contributed by atoms with Gasteiger partial charge in [0, 0.05) is 17.0 Å². The topological polar surface area (TPSA) is 109 Å². The number of hydrogen-bond acceptors (Lipinski definition) is 6. The minimum atomic E-state index is -1.34. The zero-order valence-electron chi connectivity index (χ0n) is 16.8. The number of ether oxygens (including phenoxy) is 1. The van der Waals surface area contributed by atoms with Crippen LogP contribution in [0.1, 0.15) is 45.2 Å². The van der Waals surface area contributed by atoms with Crippen LogP contribution in [-0.4, -0.2) is 24.0 Å². The second-order valence-electron chi connectivity index (χ2n) is 7.22. The largest absolute Gasteiger partial charge is 0.548 e. The lowest BCUT2D eigenvalue weighted by Crippen LogP contribution is -2.53. The monoisotopic (exact) mass is 388 g/mol. The first kappa shape index (κ1) is 21.5. The standard InChI is InChI=1S/C21H27NO6/c1-6-7-14-10-17(23)28-19-12(4)16(9-8-15(14)19)27-13(5)20(24)22-18(11(2)3)21(25)26/h8-11,13,18H,6-7H2,1-5H3,(H,22,24)(H,25,26)/p-1/t13-,18-/m0/s1. The summed E-state index contributed by atoms with van der Waals surface area (Å²) in [7, 11) is 0. The molecule has 0 saturated carbocycles. The molecule has 1 amide bonds. The van der Waals surface area contributed by atoms with Crippen molar-refractivity contribution in [2.24, 2.45) is 5.92 Å². The molecule has 0 fully saturated rings. The molecule has 1 N–H and O–H groups in total. The van der Waals surface area contributed by atoms with E-state index in [4.69, 9.17) is 9.15 Å². The van der Waals surface area contributed by atoms with E-state index in [0.29, 0.717) is 16.9 Å². The molecular formula is C21H26NO6-. The summed E-state index contributed by atoms with van der Waals surface area (Å²) in [4.78, 5) is 35.4. The fourth-order valence-corrected chi connectivity index (χ4v) is 3.02. The fourth-order valence-electron chi connectivity index (χ4n) is 3.02. The third-order valence-electron chi connectivity index (χ3n) is 4.61. The second-order valence-corrected chi connectivity index (χ2v) is 7.22. The molecule has 0 aliphatic rings. The summed E-state index contributed by atoms with van der Waals surface area (Å²) in [5, 5.41) is 14.4. The van der Waals surface area contributed by atoms with E-state index in [-0.39, 0.29) is 5.92 Å². The normalized spacial score (nSPS) is 13.4. The van der Waals surface area contributed by atoms with Crippen LogP contribution < -0.4 is 20.8 Å². The van der Waals surface area contributed by atoms with Crippen LogP contribution >= 0.6 is 0 Å². The lowest BCUT2D eigenvalue weighted by Gasteiger charge is -2.25. The van der Waals surface area contributed by atoms with Crippen LogP contribution in [0, 0.1) is 12.8 Å². The Balaban J connectivity index is 2.28. The minimum absolute atomic E-state index is 0.324. The van der Waals surface area contributed by atoms with E-state index in [1.807, 2.05) is 6.92 Å². The van der Waals surface area contributed by atoms with Crippen LogP contribution in [0.15, 0.2) is 27.4 Å². The van der Waals surface area contributed by atoms with Gasteiger partial charge in [-0.15, -0.1) is 0 Å². The van der Waals surface area contributed by atoms with Crippen LogP contribution in [0.4, 0.5) is 0 Å². The van der Waals surface area contributed by atoms with Gasteiger partial charge >= 0.3 is 5.63 Å². The van der Waals surface area contributed by atoms with E-state index in [1.165, 1.54) is 13.0 Å². The molecule has 0 saturated heterocycles. The van der Waals surface area contributed by atoms with Gasteiger partial charge in [0.2, 0.25) is 0 Å². The Morgan fingerprint density at radius 3 is 2.50 bits per heavy atom. The summed E-state index contributed by atoms with van der Waals surface area (Å²) in [5.41, 5.74) is 1.50. The van der Waals surface area contributed by atoms with Crippen LogP contribution in [0.3, 0.4) is 0 Å². The van der Waals surface area contributed by atoms with Crippen molar-refractivity contribution in [2.75, 3.05) is 0 Å². The first-order chi connectivity index (χ1) is 13.1. The number of fused-ring (bicyclic) bond motifs is 1. The second kappa shape index (κ2) is 8.91. The van der Waals surface area contributed by atoms with Crippen LogP contribution in [-0.2, 0) is 16.0 Å². The van der Waals surface area contributed by atoms with E-state index in [2.05, 4.69) is 5.32 Å². The Hall–Kier alpha value is -2.83. The van der Waals surface area contributed by atoms with Gasteiger partial charge in [0.1, 0.15) is 11.3 Å². The number of carboxylic acid groups (broad SMARTS) is 1. The number of carbonyl (C=O) groups excluding carboxylic acids is 2. The predicted molar refractivity (Wildman–Crippen MR) is 103 cm³/mol. The number of rotatable bonds is 8. The third-order valence-corrected chi connectivity index (χ3v) is 4.61. The Kier molecular flexibility index (Phi) is 6.83. The van der Waals surface area contributed by atoms with E-state index in [9.17, 15) is 19.5 Å². The lowest BCUT2D eigenvalue weighted by atomic mass is 10.0. The van der Waals surface area contributed by atoms with Crippen LogP contribution in [0.25, 0.3) is 11.0 Å². The average molecular weight is 388 g/mol. The number of amides is 1. The number of nitrogens with one attached hydrogen (secondary N) is 1. The van der Waals surface area contributed by atoms with Crippen molar-refractivity contribution in [2.45, 2.75) is 59.6 Å². The number of hydrogen-bond donors (Lipinski definition) is 1. The van der Waals surface area contributed by atoms with E-state index >= 15 is 0 Å². The fraction of sp³-hybridized carbons (Fsp3) is 0.476. The predicted octanol–water partition coefficient (Wildman–Crippen LogP) is 1.71. The smallest absolute Gasteiger partial charge is 0.336 e. The van der Waals surface area contributed by atoms with Gasteiger partial charge < -0.3 is 24.4 Å². The van der Waals surface area contributed by atoms with Crippen molar-refractivity contribution < 1.29 is 23.8 Å². The molecule has 1 aromatic carbocycles. The molecule has 1 aromatic heterocycles. The molecule has 0 unspecified atom stereocenters. The Morgan fingerprint density at radius 2 is 1.93 bits per heavy atom. The molecule has 0 spiro atoms. The summed E-state index contributed by atoms with van der Waals surface area (Å²) in [6.45, 7) is 8.65. The molecule has 2 atom stereocenters. The van der Waals surface area contributed by atoms with Gasteiger partial charge in [0.05, 0.1) is 12.0 Å². The van der Waals surface area contributed by atoms with Gasteiger partial charge in [-0.2, -0.15) is 0 Å². The highest BCUT2D eigenvalue weighted by molar-refractivity contribution is 5.87. The SMILES string of the molecule is CCCc1cc(=O)oc2c(C)c(O[C@@H](C)C(=O)N[C@H](C(=O)[O-])C(C)C)ccc12. The molecule has 0 aliphatic heterocycles. The van der Waals surface area contributed by atoms with Gasteiger partial charge in [0.15, 0.2) is 6.10 Å². The first-order valence-electron chi connectivity index (χ1n) is 9.39. The summed E-state index contributed by atoms with van der Waals surface area (Å²) in [6, 6.07) is 3.91. The maximum atomic E-state index is 12.3. The lowest BCUT2D eigenvalue weighted by molar-refractivity contribution is -0.309. The van der Waals surface area contributed by atoms with Gasteiger partial charge in [-0.25, -0.2) is 4.79 Å². The molecule has 0 aliphatic carbocycles. The molecule has 2 rings (SSSR count). The molecule has 0 bridgehead atoms. The maximum absolute atomic E-state index is 12.3. The number of aryl methyl sites for hydroxylation is 2. The van der Waals surface area contributed by atoms with Crippen LogP contribution in [0.5, 0.6) is 5.75 Å². The van der Waals surface area contributed by atoms with Gasteiger partial charge in [-0.1, -0.05) is 27.2 Å². The van der Waals surface area contributed by atoms with Crippen molar-refractivity contribution in [1.82, 2.24) is 5.32 Å². The maximum Gasteiger partial charge on any atom is 0.336 e. The summed E-state index contributed by atoms with van der Waals surface area (Å²) < 4.78 is 11.1. The summed E-state index contributed by atoms with van der Waals surface area (Å²) in [6.07, 6.45) is 0.699. The number of carboxylic acids is 1. The highest BCUT2D eigenvalue weighted by Crippen LogP contribution is 2.29. The molecule has 7 nitrogen and oxygen atoms in total. The van der Waals surface area contributed by atoms with Crippen LogP contribution in [0.2, 0.25) is 0 Å². The average Bonchev–Trinajstić information content (AvgIpc) is 2.61. The van der Waals surface area contributed by atoms with Gasteiger partial charge in [-0.05, 0) is 43.9 Å². The highest BCUT2D eigenvalue weighted by Gasteiger charge is 2.23. The number of benzene rings is 1. The summed E-state index contributed by atoms with van der Waals surface area (Å²) >= 11 is 0. The van der Waals surface area contributed by atoms with E-state index in [0.717, 1.165) is 23.8 Å².